The number of carbonyl (C=O) groups is 1. The number of hydrogen-bond donors (Lipinski definition) is 1. The summed E-state index contributed by atoms with van der Waals surface area (Å²) in [5.74, 6) is 0. The van der Waals surface area contributed by atoms with Crippen LogP contribution in [0.2, 0.25) is 0 Å². The quantitative estimate of drug-likeness (QED) is 0.687. The zero-order chi connectivity index (χ0) is 9.03. The molecule has 0 fully saturated rings. The Hall–Kier alpha value is -1.15. The predicted octanol–water partition coefficient (Wildman–Crippen LogP) is 1.48. The largest absolute Gasteiger partial charge is 0.385 e. The van der Waals surface area contributed by atoms with Gasteiger partial charge in [-0.25, -0.2) is 0 Å². The molecule has 0 amide bonds. The van der Waals surface area contributed by atoms with Crippen LogP contribution < -0.4 is 0 Å². The monoisotopic (exact) mass is 164 g/mol. The van der Waals surface area contributed by atoms with E-state index in [-0.39, 0.29) is 6.42 Å². The van der Waals surface area contributed by atoms with Crippen molar-refractivity contribution < 1.29 is 9.90 Å². The maximum absolute atomic E-state index is 10.2. The van der Waals surface area contributed by atoms with Gasteiger partial charge in [-0.3, -0.25) is 0 Å². The molecule has 0 radical (unpaired) electrons. The minimum atomic E-state index is -1.02. The van der Waals surface area contributed by atoms with E-state index in [4.69, 9.17) is 0 Å². The highest BCUT2D eigenvalue weighted by atomic mass is 16.3. The molecule has 2 heteroatoms. The standard InChI is InChI=1S/C10H12O2/c1-10(12,7-8-11)9-5-3-2-4-6-9/h2-6,8,12H,7H2,1H3. The van der Waals surface area contributed by atoms with Crippen LogP contribution in [0.1, 0.15) is 18.9 Å². The first kappa shape index (κ1) is 8.94. The number of carbonyl (C=O) groups excluding carboxylic acids is 1. The predicted molar refractivity (Wildman–Crippen MR) is 46.7 cm³/mol. The first-order valence-electron chi connectivity index (χ1n) is 3.88. The summed E-state index contributed by atoms with van der Waals surface area (Å²) in [4.78, 5) is 10.2. The Bertz CT molecular complexity index is 252. The number of rotatable bonds is 3. The van der Waals surface area contributed by atoms with E-state index in [2.05, 4.69) is 0 Å². The minimum Gasteiger partial charge on any atom is -0.385 e. The Labute approximate surface area is 71.8 Å². The molecule has 1 atom stereocenters. The van der Waals surface area contributed by atoms with E-state index in [1.165, 1.54) is 0 Å². The summed E-state index contributed by atoms with van der Waals surface area (Å²) >= 11 is 0. The van der Waals surface area contributed by atoms with Crippen LogP contribution in [0.4, 0.5) is 0 Å². The molecule has 0 aliphatic rings. The van der Waals surface area contributed by atoms with Crippen molar-refractivity contribution in [3.05, 3.63) is 35.9 Å². The Balaban J connectivity index is 2.89. The summed E-state index contributed by atoms with van der Waals surface area (Å²) in [6.07, 6.45) is 0.865. The Morgan fingerprint density at radius 1 is 1.42 bits per heavy atom. The second-order valence-electron chi connectivity index (χ2n) is 3.01. The molecule has 0 aliphatic heterocycles. The fourth-order valence-corrected chi connectivity index (χ4v) is 1.08. The van der Waals surface area contributed by atoms with Gasteiger partial charge in [-0.1, -0.05) is 30.3 Å². The van der Waals surface area contributed by atoms with Crippen LogP contribution in [-0.2, 0) is 10.4 Å². The molecule has 0 bridgehead atoms. The van der Waals surface area contributed by atoms with E-state index in [1.54, 1.807) is 6.92 Å². The number of benzene rings is 1. The Morgan fingerprint density at radius 2 is 2.00 bits per heavy atom. The molecular formula is C10H12O2. The Kier molecular flexibility index (Phi) is 2.61. The highest BCUT2D eigenvalue weighted by Gasteiger charge is 2.21. The maximum Gasteiger partial charge on any atom is 0.123 e. The smallest absolute Gasteiger partial charge is 0.123 e. The SMILES string of the molecule is CC(O)(CC=O)c1ccccc1. The molecule has 0 saturated carbocycles. The zero-order valence-electron chi connectivity index (χ0n) is 7.03. The molecule has 0 aromatic heterocycles. The summed E-state index contributed by atoms with van der Waals surface area (Å²) < 4.78 is 0. The molecule has 0 saturated heterocycles. The molecule has 64 valence electrons. The summed E-state index contributed by atoms with van der Waals surface area (Å²) in [7, 11) is 0. The third-order valence-electron chi connectivity index (χ3n) is 1.88. The molecule has 1 rings (SSSR count). The molecule has 0 heterocycles. The topological polar surface area (TPSA) is 37.3 Å². The summed E-state index contributed by atoms with van der Waals surface area (Å²) in [6, 6.07) is 9.18. The average molecular weight is 164 g/mol. The van der Waals surface area contributed by atoms with Crippen LogP contribution in [0, 0.1) is 0 Å². The third kappa shape index (κ3) is 1.92. The van der Waals surface area contributed by atoms with E-state index in [0.717, 1.165) is 11.8 Å². The fourth-order valence-electron chi connectivity index (χ4n) is 1.08. The zero-order valence-corrected chi connectivity index (χ0v) is 7.03. The van der Waals surface area contributed by atoms with E-state index in [9.17, 15) is 9.90 Å². The maximum atomic E-state index is 10.2. The number of aliphatic hydroxyl groups is 1. The van der Waals surface area contributed by atoms with Gasteiger partial charge in [0.15, 0.2) is 0 Å². The lowest BCUT2D eigenvalue weighted by Gasteiger charge is -2.20. The van der Waals surface area contributed by atoms with Crippen molar-refractivity contribution in [2.45, 2.75) is 18.9 Å². The highest BCUT2D eigenvalue weighted by molar-refractivity contribution is 5.52. The van der Waals surface area contributed by atoms with Crippen molar-refractivity contribution in [3.8, 4) is 0 Å². The van der Waals surface area contributed by atoms with Crippen LogP contribution in [0.25, 0.3) is 0 Å². The number of aldehydes is 1. The molecule has 0 spiro atoms. The van der Waals surface area contributed by atoms with E-state index < -0.39 is 5.60 Å². The van der Waals surface area contributed by atoms with Crippen molar-refractivity contribution in [1.29, 1.82) is 0 Å². The van der Waals surface area contributed by atoms with Gasteiger partial charge in [0.05, 0.1) is 5.60 Å². The summed E-state index contributed by atoms with van der Waals surface area (Å²) in [5.41, 5.74) is -0.250. The van der Waals surface area contributed by atoms with Crippen LogP contribution in [0.3, 0.4) is 0 Å². The van der Waals surface area contributed by atoms with Gasteiger partial charge in [0.25, 0.3) is 0 Å². The van der Waals surface area contributed by atoms with Gasteiger partial charge in [0, 0.05) is 6.42 Å². The molecule has 1 aromatic rings. The van der Waals surface area contributed by atoms with Gasteiger partial charge in [-0.05, 0) is 12.5 Å². The van der Waals surface area contributed by atoms with E-state index >= 15 is 0 Å². The van der Waals surface area contributed by atoms with Gasteiger partial charge in [0.2, 0.25) is 0 Å². The normalized spacial score (nSPS) is 15.2. The van der Waals surface area contributed by atoms with Gasteiger partial charge in [-0.2, -0.15) is 0 Å². The lowest BCUT2D eigenvalue weighted by Crippen LogP contribution is -2.21. The van der Waals surface area contributed by atoms with Crippen molar-refractivity contribution in [1.82, 2.24) is 0 Å². The van der Waals surface area contributed by atoms with Gasteiger partial charge >= 0.3 is 0 Å². The van der Waals surface area contributed by atoms with Crippen molar-refractivity contribution >= 4 is 6.29 Å². The molecule has 0 aliphatic carbocycles. The number of hydrogen-bond acceptors (Lipinski definition) is 2. The van der Waals surface area contributed by atoms with Crippen molar-refractivity contribution in [2.75, 3.05) is 0 Å². The Morgan fingerprint density at radius 3 is 2.50 bits per heavy atom. The van der Waals surface area contributed by atoms with Gasteiger partial charge in [0.1, 0.15) is 6.29 Å². The van der Waals surface area contributed by atoms with Crippen LogP contribution in [0.15, 0.2) is 30.3 Å². The average Bonchev–Trinajstić information content (AvgIpc) is 2.06. The molecule has 1 aromatic carbocycles. The van der Waals surface area contributed by atoms with Gasteiger partial charge in [-0.15, -0.1) is 0 Å². The van der Waals surface area contributed by atoms with Crippen molar-refractivity contribution in [2.24, 2.45) is 0 Å². The van der Waals surface area contributed by atoms with Crippen molar-refractivity contribution in [3.63, 3.8) is 0 Å². The molecule has 1 N–H and O–H groups in total. The van der Waals surface area contributed by atoms with Crippen LogP contribution >= 0.6 is 0 Å². The summed E-state index contributed by atoms with van der Waals surface area (Å²) in [6.45, 7) is 1.64. The van der Waals surface area contributed by atoms with Gasteiger partial charge < -0.3 is 9.90 Å². The second kappa shape index (κ2) is 3.50. The third-order valence-corrected chi connectivity index (χ3v) is 1.88. The molecule has 2 nitrogen and oxygen atoms in total. The van der Waals surface area contributed by atoms with Crippen LogP contribution in [-0.4, -0.2) is 11.4 Å². The highest BCUT2D eigenvalue weighted by Crippen LogP contribution is 2.22. The molecular weight excluding hydrogens is 152 g/mol. The van der Waals surface area contributed by atoms with Crippen LogP contribution in [0.5, 0.6) is 0 Å². The lowest BCUT2D eigenvalue weighted by molar-refractivity contribution is -0.112. The van der Waals surface area contributed by atoms with E-state index in [0.29, 0.717) is 0 Å². The first-order chi connectivity index (χ1) is 5.67. The second-order valence-corrected chi connectivity index (χ2v) is 3.01. The lowest BCUT2D eigenvalue weighted by atomic mass is 9.93. The first-order valence-corrected chi connectivity index (χ1v) is 3.88. The fraction of sp³-hybridized carbons (Fsp3) is 0.300. The molecule has 12 heavy (non-hydrogen) atoms. The molecule has 1 unspecified atom stereocenters. The summed E-state index contributed by atoms with van der Waals surface area (Å²) in [5, 5.41) is 9.75. The van der Waals surface area contributed by atoms with E-state index in [1.807, 2.05) is 30.3 Å². The minimum absolute atomic E-state index is 0.136.